The molecule has 1 heterocycles. The van der Waals surface area contributed by atoms with Crippen molar-refractivity contribution >= 4 is 29.9 Å². The summed E-state index contributed by atoms with van der Waals surface area (Å²) in [5.41, 5.74) is 1.51. The fourth-order valence-corrected chi connectivity index (χ4v) is 3.15. The molecule has 0 aromatic heterocycles. The summed E-state index contributed by atoms with van der Waals surface area (Å²) in [6.45, 7) is 4.51. The van der Waals surface area contributed by atoms with Gasteiger partial charge in [0.15, 0.2) is 12.4 Å². The molecule has 1 unspecified atom stereocenters. The van der Waals surface area contributed by atoms with Crippen molar-refractivity contribution in [2.24, 2.45) is 5.92 Å². The second-order valence-corrected chi connectivity index (χ2v) is 7.04. The number of aldehydes is 1. The van der Waals surface area contributed by atoms with Crippen molar-refractivity contribution < 1.29 is 19.1 Å². The maximum absolute atomic E-state index is 12.1. The quantitative estimate of drug-likeness (QED) is 0.548. The van der Waals surface area contributed by atoms with Crippen LogP contribution < -0.4 is 4.74 Å². The summed E-state index contributed by atoms with van der Waals surface area (Å²) in [6.07, 6.45) is 2.62. The van der Waals surface area contributed by atoms with Gasteiger partial charge < -0.3 is 9.47 Å². The summed E-state index contributed by atoms with van der Waals surface area (Å²) < 4.78 is 10.7. The number of methoxy groups -OCH3 is 1. The first kappa shape index (κ1) is 19.5. The van der Waals surface area contributed by atoms with Crippen LogP contribution in [-0.2, 0) is 14.3 Å². The summed E-state index contributed by atoms with van der Waals surface area (Å²) in [5, 5.41) is 0.564. The number of carbonyl (C=O) groups excluding carboxylic acids is 2. The van der Waals surface area contributed by atoms with Crippen molar-refractivity contribution in [3.63, 3.8) is 0 Å². The molecular weight excluding hydrogens is 342 g/mol. The molecule has 25 heavy (non-hydrogen) atoms. The lowest BCUT2D eigenvalue weighted by Crippen LogP contribution is -2.43. The number of carbonyl (C=O) groups is 2. The van der Waals surface area contributed by atoms with Crippen LogP contribution in [0.3, 0.4) is 0 Å². The molecule has 136 valence electrons. The summed E-state index contributed by atoms with van der Waals surface area (Å²) in [6, 6.07) is 4.96. The van der Waals surface area contributed by atoms with Crippen LogP contribution in [0.25, 0.3) is 6.08 Å². The van der Waals surface area contributed by atoms with Crippen molar-refractivity contribution in [1.82, 2.24) is 4.90 Å². The minimum absolute atomic E-state index is 0.283. The molecule has 0 saturated heterocycles. The third-order valence-corrected chi connectivity index (χ3v) is 4.55. The first-order chi connectivity index (χ1) is 11.9. The first-order valence-corrected chi connectivity index (χ1v) is 8.64. The highest BCUT2D eigenvalue weighted by Crippen LogP contribution is 2.34. The maximum Gasteiger partial charge on any atom is 0.323 e. The molecule has 1 aliphatic rings. The van der Waals surface area contributed by atoms with E-state index in [9.17, 15) is 9.59 Å². The Balaban J connectivity index is 2.27. The van der Waals surface area contributed by atoms with Crippen molar-refractivity contribution in [1.29, 1.82) is 0 Å². The third kappa shape index (κ3) is 4.61. The maximum atomic E-state index is 12.1. The minimum Gasteiger partial charge on any atom is -0.478 e. The number of hydrogen-bond donors (Lipinski definition) is 0. The average Bonchev–Trinajstić information content (AvgIpc) is 2.58. The average molecular weight is 366 g/mol. The predicted octanol–water partition coefficient (Wildman–Crippen LogP) is 3.20. The number of ether oxygens (including phenoxy) is 2. The molecular formula is C19H24ClNO4. The second kappa shape index (κ2) is 8.50. The molecule has 0 aliphatic carbocycles. The molecule has 5 nitrogen and oxygen atoms in total. The van der Waals surface area contributed by atoms with Crippen molar-refractivity contribution in [3.8, 4) is 5.75 Å². The highest BCUT2D eigenvalue weighted by molar-refractivity contribution is 6.32. The molecule has 2 atom stereocenters. The zero-order valence-corrected chi connectivity index (χ0v) is 15.7. The van der Waals surface area contributed by atoms with E-state index in [0.717, 1.165) is 17.4 Å². The van der Waals surface area contributed by atoms with Crippen molar-refractivity contribution in [3.05, 3.63) is 34.4 Å². The fourth-order valence-electron chi connectivity index (χ4n) is 2.93. The highest BCUT2D eigenvalue weighted by Gasteiger charge is 2.29. The highest BCUT2D eigenvalue weighted by atomic mass is 35.5. The van der Waals surface area contributed by atoms with Crippen molar-refractivity contribution in [2.45, 2.75) is 32.4 Å². The molecule has 2 rings (SSSR count). The molecule has 1 aliphatic heterocycles. The molecule has 0 amide bonds. The van der Waals surface area contributed by atoms with Gasteiger partial charge in [-0.1, -0.05) is 31.5 Å². The third-order valence-electron chi connectivity index (χ3n) is 4.22. The summed E-state index contributed by atoms with van der Waals surface area (Å²) in [7, 11) is 3.23. The number of hydrogen-bond acceptors (Lipinski definition) is 5. The van der Waals surface area contributed by atoms with E-state index in [1.807, 2.05) is 18.0 Å². The predicted molar refractivity (Wildman–Crippen MR) is 97.8 cm³/mol. The zero-order valence-electron chi connectivity index (χ0n) is 15.0. The molecule has 1 aromatic carbocycles. The Morgan fingerprint density at radius 3 is 2.76 bits per heavy atom. The van der Waals surface area contributed by atoms with Gasteiger partial charge in [-0.2, -0.15) is 0 Å². The lowest BCUT2D eigenvalue weighted by molar-refractivity contribution is -0.147. The first-order valence-electron chi connectivity index (χ1n) is 8.26. The van der Waals surface area contributed by atoms with Gasteiger partial charge in [-0.25, -0.2) is 0 Å². The number of nitrogens with zero attached hydrogens (tertiary/aromatic N) is 1. The van der Waals surface area contributed by atoms with Crippen LogP contribution in [0.1, 0.15) is 25.8 Å². The number of esters is 1. The van der Waals surface area contributed by atoms with E-state index >= 15 is 0 Å². The van der Waals surface area contributed by atoms with E-state index in [0.29, 0.717) is 29.7 Å². The van der Waals surface area contributed by atoms with E-state index < -0.39 is 6.10 Å². The number of halogens is 1. The van der Waals surface area contributed by atoms with Gasteiger partial charge in [-0.15, -0.1) is 0 Å². The minimum atomic E-state index is -0.689. The smallest absolute Gasteiger partial charge is 0.323 e. The Hall–Kier alpha value is -1.85. The van der Waals surface area contributed by atoms with Crippen LogP contribution in [0, 0.1) is 5.92 Å². The molecule has 0 N–H and O–H groups in total. The van der Waals surface area contributed by atoms with Gasteiger partial charge in [0.25, 0.3) is 0 Å². The van der Waals surface area contributed by atoms with E-state index in [1.165, 1.54) is 7.11 Å². The van der Waals surface area contributed by atoms with Crippen molar-refractivity contribution in [2.75, 3.05) is 20.7 Å². The SMILES string of the molecule is COC(=O)C(CC(C)C)N(C)CC1=Cc2c(Cl)cccc2O[C@@H]1C=O. The lowest BCUT2D eigenvalue weighted by Gasteiger charge is -2.31. The van der Waals surface area contributed by atoms with Gasteiger partial charge in [0.2, 0.25) is 0 Å². The van der Waals surface area contributed by atoms with Gasteiger partial charge in [-0.05, 0) is 43.2 Å². The molecule has 0 saturated carbocycles. The number of benzene rings is 1. The van der Waals surface area contributed by atoms with Gasteiger partial charge in [-0.3, -0.25) is 14.5 Å². The van der Waals surface area contributed by atoms with Crippen LogP contribution in [0.5, 0.6) is 5.75 Å². The Kier molecular flexibility index (Phi) is 6.62. The Morgan fingerprint density at radius 1 is 1.44 bits per heavy atom. The zero-order chi connectivity index (χ0) is 18.6. The lowest BCUT2D eigenvalue weighted by atomic mass is 9.99. The second-order valence-electron chi connectivity index (χ2n) is 6.63. The van der Waals surface area contributed by atoms with E-state index in [4.69, 9.17) is 21.1 Å². The van der Waals surface area contributed by atoms with Gasteiger partial charge >= 0.3 is 5.97 Å². The largest absolute Gasteiger partial charge is 0.478 e. The van der Waals surface area contributed by atoms with Crippen LogP contribution in [0.4, 0.5) is 0 Å². The Morgan fingerprint density at radius 2 is 2.16 bits per heavy atom. The van der Waals surface area contributed by atoms with Gasteiger partial charge in [0, 0.05) is 12.1 Å². The van der Waals surface area contributed by atoms with E-state index in [1.54, 1.807) is 18.2 Å². The monoisotopic (exact) mass is 365 g/mol. The van der Waals surface area contributed by atoms with E-state index in [-0.39, 0.29) is 12.0 Å². The molecule has 0 fully saturated rings. The topological polar surface area (TPSA) is 55.8 Å². The molecule has 6 heteroatoms. The van der Waals surface area contributed by atoms with Gasteiger partial charge in [0.05, 0.1) is 12.1 Å². The van der Waals surface area contributed by atoms with Gasteiger partial charge in [0.1, 0.15) is 11.8 Å². The molecule has 1 aromatic rings. The van der Waals surface area contributed by atoms with Crippen LogP contribution in [0.15, 0.2) is 23.8 Å². The molecule has 0 spiro atoms. The summed E-state index contributed by atoms with van der Waals surface area (Å²) in [4.78, 5) is 25.5. The number of likely N-dealkylation sites (N-methyl/N-ethyl adjacent to an activating group) is 1. The number of fused-ring (bicyclic) bond motifs is 1. The fraction of sp³-hybridized carbons (Fsp3) is 0.474. The Bertz CT molecular complexity index is 671. The van der Waals surface area contributed by atoms with Crippen LogP contribution >= 0.6 is 11.6 Å². The van der Waals surface area contributed by atoms with E-state index in [2.05, 4.69) is 13.8 Å². The van der Waals surface area contributed by atoms with Crippen LogP contribution in [-0.4, -0.2) is 50.0 Å². The van der Waals surface area contributed by atoms with Crippen LogP contribution in [0.2, 0.25) is 5.02 Å². The number of rotatable bonds is 7. The Labute approximate surface area is 153 Å². The molecule has 0 bridgehead atoms. The summed E-state index contributed by atoms with van der Waals surface area (Å²) in [5.74, 6) is 0.637. The molecule has 0 radical (unpaired) electrons. The summed E-state index contributed by atoms with van der Waals surface area (Å²) >= 11 is 6.24. The normalized spacial score (nSPS) is 17.6. The standard InChI is InChI=1S/C19H24ClNO4/c1-12(2)8-16(19(23)24-4)21(3)10-13-9-14-15(20)6-5-7-17(14)25-18(13)11-22/h5-7,9,11-12,16,18H,8,10H2,1-4H3/t16?,18-/m1/s1.